The fraction of sp³-hybridized carbons (Fsp3) is 0. The molecule has 120 valence electrons. The van der Waals surface area contributed by atoms with Gasteiger partial charge in [0.15, 0.2) is 0 Å². The van der Waals surface area contributed by atoms with E-state index in [0.717, 1.165) is 0 Å². The minimum atomic E-state index is -0.344. The maximum Gasteiger partial charge on any atom is 0.257 e. The first-order valence-corrected chi connectivity index (χ1v) is 7.96. The number of hydrogen-bond donors (Lipinski definition) is 2. The molecule has 0 unspecified atom stereocenters. The maximum absolute atomic E-state index is 13.6. The van der Waals surface area contributed by atoms with Crippen LogP contribution in [-0.4, -0.2) is 10.9 Å². The Bertz CT molecular complexity index is 868. The second-order valence-electron chi connectivity index (χ2n) is 4.97. The average Bonchev–Trinajstić information content (AvgIpc) is 2.59. The summed E-state index contributed by atoms with van der Waals surface area (Å²) >= 11 is 3.34. The summed E-state index contributed by atoms with van der Waals surface area (Å²) in [4.78, 5) is 16.4. The van der Waals surface area contributed by atoms with Gasteiger partial charge in [0.25, 0.3) is 5.91 Å². The standard InChI is InChI=1S/C18H13BrFN3O/c19-14-6-2-1-5-13(14)18(24)23-17-10-9-12(11-21-17)22-16-8-4-3-7-15(16)20/h1-11,22H,(H,21,23,24). The topological polar surface area (TPSA) is 54.0 Å². The number of nitrogens with one attached hydrogen (secondary N) is 2. The third kappa shape index (κ3) is 3.78. The molecule has 24 heavy (non-hydrogen) atoms. The molecule has 3 aromatic rings. The maximum atomic E-state index is 13.6. The molecule has 3 rings (SSSR count). The monoisotopic (exact) mass is 385 g/mol. The third-order valence-electron chi connectivity index (χ3n) is 3.28. The van der Waals surface area contributed by atoms with Gasteiger partial charge in [0, 0.05) is 4.47 Å². The van der Waals surface area contributed by atoms with Gasteiger partial charge in [-0.1, -0.05) is 24.3 Å². The summed E-state index contributed by atoms with van der Waals surface area (Å²) in [6.07, 6.45) is 1.53. The molecule has 0 radical (unpaired) electrons. The van der Waals surface area contributed by atoms with Gasteiger partial charge in [-0.3, -0.25) is 4.79 Å². The molecule has 1 aromatic heterocycles. The van der Waals surface area contributed by atoms with Gasteiger partial charge in [-0.05, 0) is 52.3 Å². The summed E-state index contributed by atoms with van der Waals surface area (Å²) < 4.78 is 14.3. The minimum absolute atomic E-state index is 0.259. The summed E-state index contributed by atoms with van der Waals surface area (Å²) in [6.45, 7) is 0. The van der Waals surface area contributed by atoms with Crippen molar-refractivity contribution in [3.05, 3.63) is 82.7 Å². The number of amides is 1. The highest BCUT2D eigenvalue weighted by molar-refractivity contribution is 9.10. The molecule has 4 nitrogen and oxygen atoms in total. The van der Waals surface area contributed by atoms with Crippen LogP contribution < -0.4 is 10.6 Å². The molecule has 0 fully saturated rings. The van der Waals surface area contributed by atoms with E-state index >= 15 is 0 Å². The van der Waals surface area contributed by atoms with Crippen molar-refractivity contribution in [1.82, 2.24) is 4.98 Å². The molecule has 0 saturated heterocycles. The predicted octanol–water partition coefficient (Wildman–Crippen LogP) is 4.98. The van der Waals surface area contributed by atoms with Crippen molar-refractivity contribution in [2.24, 2.45) is 0 Å². The van der Waals surface area contributed by atoms with Crippen molar-refractivity contribution < 1.29 is 9.18 Å². The van der Waals surface area contributed by atoms with Crippen LogP contribution in [0.4, 0.5) is 21.6 Å². The van der Waals surface area contributed by atoms with Gasteiger partial charge >= 0.3 is 0 Å². The number of carbonyl (C=O) groups is 1. The van der Waals surface area contributed by atoms with Crippen LogP contribution in [0.5, 0.6) is 0 Å². The van der Waals surface area contributed by atoms with Gasteiger partial charge in [0.05, 0.1) is 23.1 Å². The molecule has 0 spiro atoms. The van der Waals surface area contributed by atoms with Gasteiger partial charge in [-0.25, -0.2) is 9.37 Å². The first-order valence-electron chi connectivity index (χ1n) is 7.17. The Morgan fingerprint density at radius 2 is 1.75 bits per heavy atom. The van der Waals surface area contributed by atoms with Gasteiger partial charge in [0.1, 0.15) is 11.6 Å². The van der Waals surface area contributed by atoms with Gasteiger partial charge in [0.2, 0.25) is 0 Å². The lowest BCUT2D eigenvalue weighted by atomic mass is 10.2. The third-order valence-corrected chi connectivity index (χ3v) is 3.97. The van der Waals surface area contributed by atoms with Crippen molar-refractivity contribution in [3.8, 4) is 0 Å². The Labute approximate surface area is 146 Å². The molecule has 0 aliphatic heterocycles. The van der Waals surface area contributed by atoms with Crippen molar-refractivity contribution in [2.45, 2.75) is 0 Å². The van der Waals surface area contributed by atoms with Crippen LogP contribution in [0, 0.1) is 5.82 Å². The molecule has 2 N–H and O–H groups in total. The number of halogens is 2. The molecule has 0 aliphatic carbocycles. The van der Waals surface area contributed by atoms with E-state index in [0.29, 0.717) is 27.2 Å². The van der Waals surface area contributed by atoms with E-state index in [1.807, 2.05) is 6.07 Å². The van der Waals surface area contributed by atoms with E-state index in [-0.39, 0.29) is 11.7 Å². The highest BCUT2D eigenvalue weighted by Crippen LogP contribution is 2.21. The second kappa shape index (κ2) is 7.23. The molecule has 0 aliphatic rings. The van der Waals surface area contributed by atoms with Crippen molar-refractivity contribution in [2.75, 3.05) is 10.6 Å². The van der Waals surface area contributed by atoms with Crippen molar-refractivity contribution in [3.63, 3.8) is 0 Å². The normalized spacial score (nSPS) is 10.2. The summed E-state index contributed by atoms with van der Waals surface area (Å²) in [7, 11) is 0. The molecule has 0 bridgehead atoms. The minimum Gasteiger partial charge on any atom is -0.352 e. The summed E-state index contributed by atoms with van der Waals surface area (Å²) in [6, 6.07) is 16.9. The van der Waals surface area contributed by atoms with E-state index < -0.39 is 0 Å². The van der Waals surface area contributed by atoms with Crippen LogP contribution in [0.3, 0.4) is 0 Å². The van der Waals surface area contributed by atoms with Crippen molar-refractivity contribution in [1.29, 1.82) is 0 Å². The molecule has 1 heterocycles. The smallest absolute Gasteiger partial charge is 0.257 e. The zero-order valence-electron chi connectivity index (χ0n) is 12.5. The van der Waals surface area contributed by atoms with Crippen molar-refractivity contribution >= 4 is 39.0 Å². The largest absolute Gasteiger partial charge is 0.352 e. The highest BCUT2D eigenvalue weighted by Gasteiger charge is 2.10. The summed E-state index contributed by atoms with van der Waals surface area (Å²) in [5, 5.41) is 5.66. The molecule has 0 atom stereocenters. The Morgan fingerprint density at radius 1 is 1.00 bits per heavy atom. The van der Waals surface area contributed by atoms with Crippen LogP contribution in [0.2, 0.25) is 0 Å². The van der Waals surface area contributed by atoms with Crippen LogP contribution in [-0.2, 0) is 0 Å². The molecular formula is C18H13BrFN3O. The predicted molar refractivity (Wildman–Crippen MR) is 96.0 cm³/mol. The zero-order chi connectivity index (χ0) is 16.9. The van der Waals surface area contributed by atoms with E-state index in [1.165, 1.54) is 12.3 Å². The number of aromatic nitrogens is 1. The zero-order valence-corrected chi connectivity index (χ0v) is 14.0. The first-order chi connectivity index (χ1) is 11.6. The van der Waals surface area contributed by atoms with E-state index in [1.54, 1.807) is 48.5 Å². The van der Waals surface area contributed by atoms with E-state index in [4.69, 9.17) is 0 Å². The Hall–Kier alpha value is -2.73. The van der Waals surface area contributed by atoms with E-state index in [9.17, 15) is 9.18 Å². The van der Waals surface area contributed by atoms with Crippen LogP contribution >= 0.6 is 15.9 Å². The van der Waals surface area contributed by atoms with E-state index in [2.05, 4.69) is 31.5 Å². The molecule has 2 aromatic carbocycles. The lowest BCUT2D eigenvalue weighted by Crippen LogP contribution is -2.13. The SMILES string of the molecule is O=C(Nc1ccc(Nc2ccccc2F)cn1)c1ccccc1Br. The Morgan fingerprint density at radius 3 is 2.46 bits per heavy atom. The average molecular weight is 386 g/mol. The second-order valence-corrected chi connectivity index (χ2v) is 5.83. The lowest BCUT2D eigenvalue weighted by molar-refractivity contribution is 0.102. The Kier molecular flexibility index (Phi) is 4.86. The molecule has 6 heteroatoms. The fourth-order valence-corrected chi connectivity index (χ4v) is 2.55. The van der Waals surface area contributed by atoms with Crippen LogP contribution in [0.15, 0.2) is 71.3 Å². The number of nitrogens with zero attached hydrogens (tertiary/aromatic N) is 1. The summed E-state index contributed by atoms with van der Waals surface area (Å²) in [5.74, 6) is -0.191. The number of para-hydroxylation sites is 1. The number of anilines is 3. The van der Waals surface area contributed by atoms with Crippen LogP contribution in [0.1, 0.15) is 10.4 Å². The van der Waals surface area contributed by atoms with Gasteiger partial charge in [-0.2, -0.15) is 0 Å². The number of carbonyl (C=O) groups excluding carboxylic acids is 1. The number of pyridine rings is 1. The number of rotatable bonds is 4. The highest BCUT2D eigenvalue weighted by atomic mass is 79.9. The fourth-order valence-electron chi connectivity index (χ4n) is 2.09. The molecule has 0 saturated carbocycles. The molecule has 1 amide bonds. The van der Waals surface area contributed by atoms with Gasteiger partial charge in [-0.15, -0.1) is 0 Å². The molecular weight excluding hydrogens is 373 g/mol. The summed E-state index contributed by atoms with van der Waals surface area (Å²) in [5.41, 5.74) is 1.51. The van der Waals surface area contributed by atoms with Crippen LogP contribution in [0.25, 0.3) is 0 Å². The lowest BCUT2D eigenvalue weighted by Gasteiger charge is -2.09. The number of benzene rings is 2. The number of hydrogen-bond acceptors (Lipinski definition) is 3. The first kappa shape index (κ1) is 16.1. The van der Waals surface area contributed by atoms with Gasteiger partial charge < -0.3 is 10.6 Å². The quantitative estimate of drug-likeness (QED) is 0.665. The Balaban J connectivity index is 1.70.